The molecule has 2 heterocycles. The number of nitrogens with zero attached hydrogens (tertiary/aromatic N) is 1. The van der Waals surface area contributed by atoms with Gasteiger partial charge in [0.1, 0.15) is 5.76 Å². The fraction of sp³-hybridized carbons (Fsp3) is 0.348. The minimum Gasteiger partial charge on any atom is -0.748 e. The van der Waals surface area contributed by atoms with E-state index in [1.54, 1.807) is 0 Å². The van der Waals surface area contributed by atoms with E-state index in [2.05, 4.69) is 62.2 Å². The molecule has 3 aromatic rings. The van der Waals surface area contributed by atoms with Crippen LogP contribution in [0.25, 0.3) is 10.8 Å². The number of nitrogens with one attached hydrogen (secondary N) is 1. The molecule has 7 heteroatoms. The largest absolute Gasteiger partial charge is 0.748 e. The van der Waals surface area contributed by atoms with Crippen molar-refractivity contribution in [3.8, 4) is 0 Å². The molecule has 0 amide bonds. The van der Waals surface area contributed by atoms with Crippen LogP contribution in [0.15, 0.2) is 65.3 Å². The first-order valence-corrected chi connectivity index (χ1v) is 11.6. The van der Waals surface area contributed by atoms with E-state index in [0.29, 0.717) is 12.2 Å². The quantitative estimate of drug-likeness (QED) is 0.632. The summed E-state index contributed by atoms with van der Waals surface area (Å²) in [5, 5.41) is 11.4. The van der Waals surface area contributed by atoms with Crippen molar-refractivity contribution >= 4 is 26.6 Å². The normalized spacial score (nSPS) is 22.3. The lowest BCUT2D eigenvalue weighted by Crippen LogP contribution is -2.48. The third-order valence-corrected chi connectivity index (χ3v) is 5.72. The standard InChI is InChI=1S/C22H24N2O.CH4O3S/c1-15(2)22(17-10-5-4-6-11-17)21(23)19(13-24(22)3)20-18-12-8-7-9-16(18)14-25-20;1-5(2,3)4/h4-12,14-15,19,23H,13H2,1-3H3;1H3,(H,2,3,4)/p-1. The van der Waals surface area contributed by atoms with Crippen LogP contribution in [0.3, 0.4) is 0 Å². The lowest BCUT2D eigenvalue weighted by Gasteiger charge is -2.40. The zero-order valence-electron chi connectivity index (χ0n) is 17.6. The molecule has 0 bridgehead atoms. The fourth-order valence-corrected chi connectivity index (χ4v) is 4.63. The molecule has 2 atom stereocenters. The lowest BCUT2D eigenvalue weighted by molar-refractivity contribution is 0.164. The summed E-state index contributed by atoms with van der Waals surface area (Å²) in [7, 11) is -1.79. The summed E-state index contributed by atoms with van der Waals surface area (Å²) < 4.78 is 33.2. The molecule has 1 fully saturated rings. The minimum absolute atomic E-state index is 0.0208. The Kier molecular flexibility index (Phi) is 6.17. The topological polar surface area (TPSA) is 97.4 Å². The number of hydrogen-bond acceptors (Lipinski definition) is 6. The van der Waals surface area contributed by atoms with Crippen LogP contribution in [-0.2, 0) is 15.7 Å². The van der Waals surface area contributed by atoms with Gasteiger partial charge >= 0.3 is 0 Å². The van der Waals surface area contributed by atoms with Gasteiger partial charge in [0.25, 0.3) is 0 Å². The van der Waals surface area contributed by atoms with Crippen LogP contribution < -0.4 is 0 Å². The van der Waals surface area contributed by atoms with Crippen LogP contribution in [-0.4, -0.2) is 43.4 Å². The second kappa shape index (κ2) is 8.34. The Morgan fingerprint density at radius 1 is 1.13 bits per heavy atom. The predicted octanol–water partition coefficient (Wildman–Crippen LogP) is 4.19. The van der Waals surface area contributed by atoms with Crippen LogP contribution in [0, 0.1) is 11.3 Å². The number of furan rings is 1. The summed E-state index contributed by atoms with van der Waals surface area (Å²) in [6.07, 6.45) is 2.42. The average molecular weight is 428 g/mol. The third-order valence-electron chi connectivity index (χ3n) is 5.72. The van der Waals surface area contributed by atoms with Crippen LogP contribution in [0.2, 0.25) is 0 Å². The number of fused-ring (bicyclic) bond motifs is 1. The summed E-state index contributed by atoms with van der Waals surface area (Å²) in [5.41, 5.74) is 1.53. The maximum absolute atomic E-state index is 9.16. The Morgan fingerprint density at radius 2 is 1.70 bits per heavy atom. The summed E-state index contributed by atoms with van der Waals surface area (Å²) in [4.78, 5) is 2.33. The molecule has 2 aromatic carbocycles. The van der Waals surface area contributed by atoms with Crippen molar-refractivity contribution in [2.75, 3.05) is 19.8 Å². The van der Waals surface area contributed by atoms with Gasteiger partial charge in [-0.3, -0.25) is 4.90 Å². The van der Waals surface area contributed by atoms with Crippen LogP contribution in [0.1, 0.15) is 31.1 Å². The summed E-state index contributed by atoms with van der Waals surface area (Å²) >= 11 is 0. The minimum atomic E-state index is -3.92. The number of benzene rings is 2. The first kappa shape index (κ1) is 22.2. The van der Waals surface area contributed by atoms with Gasteiger partial charge in [0, 0.05) is 29.3 Å². The molecule has 1 N–H and O–H groups in total. The van der Waals surface area contributed by atoms with E-state index in [0.717, 1.165) is 28.8 Å². The van der Waals surface area contributed by atoms with Gasteiger partial charge < -0.3 is 14.4 Å². The number of rotatable bonds is 3. The molecule has 0 radical (unpaired) electrons. The van der Waals surface area contributed by atoms with Gasteiger partial charge in [0.05, 0.1) is 27.8 Å². The molecule has 30 heavy (non-hydrogen) atoms. The maximum Gasteiger partial charge on any atom is 0.121 e. The zero-order valence-corrected chi connectivity index (χ0v) is 18.4. The predicted molar refractivity (Wildman–Crippen MR) is 118 cm³/mol. The van der Waals surface area contributed by atoms with E-state index in [9.17, 15) is 0 Å². The number of likely N-dealkylation sites (tertiary alicyclic amines) is 1. The molecule has 0 aliphatic carbocycles. The Morgan fingerprint density at radius 3 is 2.30 bits per heavy atom. The molecule has 1 aromatic heterocycles. The molecule has 160 valence electrons. The van der Waals surface area contributed by atoms with Crippen molar-refractivity contribution < 1.29 is 17.4 Å². The van der Waals surface area contributed by atoms with Crippen molar-refractivity contribution in [1.29, 1.82) is 5.41 Å². The highest BCUT2D eigenvalue weighted by atomic mass is 32.2. The smallest absolute Gasteiger partial charge is 0.121 e. The summed E-state index contributed by atoms with van der Waals surface area (Å²) in [6.45, 7) is 5.21. The van der Waals surface area contributed by atoms with Crippen molar-refractivity contribution in [3.63, 3.8) is 0 Å². The molecular weight excluding hydrogens is 400 g/mol. The Bertz CT molecular complexity index is 1130. The van der Waals surface area contributed by atoms with Gasteiger partial charge in [0.2, 0.25) is 0 Å². The summed E-state index contributed by atoms with van der Waals surface area (Å²) in [5.74, 6) is 1.19. The van der Waals surface area contributed by atoms with Gasteiger partial charge in [-0.2, -0.15) is 0 Å². The second-order valence-corrected chi connectivity index (χ2v) is 9.43. The monoisotopic (exact) mass is 427 g/mol. The van der Waals surface area contributed by atoms with E-state index in [4.69, 9.17) is 22.8 Å². The van der Waals surface area contributed by atoms with Gasteiger partial charge in [-0.05, 0) is 18.5 Å². The molecule has 2 unspecified atom stereocenters. The van der Waals surface area contributed by atoms with Gasteiger partial charge in [-0.25, -0.2) is 8.42 Å². The Hall–Kier alpha value is -2.48. The van der Waals surface area contributed by atoms with Crippen molar-refractivity contribution in [1.82, 2.24) is 4.90 Å². The van der Waals surface area contributed by atoms with Gasteiger partial charge in [-0.15, -0.1) is 0 Å². The van der Waals surface area contributed by atoms with Crippen LogP contribution in [0.4, 0.5) is 0 Å². The average Bonchev–Trinajstić information content (AvgIpc) is 3.20. The molecule has 6 nitrogen and oxygen atoms in total. The van der Waals surface area contributed by atoms with Crippen LogP contribution in [0.5, 0.6) is 0 Å². The van der Waals surface area contributed by atoms with E-state index in [1.807, 2.05) is 24.5 Å². The van der Waals surface area contributed by atoms with E-state index in [1.165, 1.54) is 5.56 Å². The molecule has 4 rings (SSSR count). The highest BCUT2D eigenvalue weighted by Crippen LogP contribution is 2.47. The highest BCUT2D eigenvalue weighted by Gasteiger charge is 2.53. The SMILES string of the molecule is CC(C)C1(c2ccccc2)C(=N)C(c2occ3ccccc23)CN1C.CS(=O)(=O)[O-]. The molecule has 0 spiro atoms. The third kappa shape index (κ3) is 4.05. The molecular formula is C23H27N2O4S-. The van der Waals surface area contributed by atoms with Crippen molar-refractivity contribution in [2.24, 2.45) is 5.92 Å². The van der Waals surface area contributed by atoms with Crippen LogP contribution >= 0.6 is 0 Å². The Balaban J connectivity index is 0.000000461. The van der Waals surface area contributed by atoms with Gasteiger partial charge in [0.15, 0.2) is 0 Å². The molecule has 1 aliphatic rings. The number of hydrogen-bond donors (Lipinski definition) is 1. The first-order chi connectivity index (χ1) is 14.1. The van der Waals surface area contributed by atoms with Crippen molar-refractivity contribution in [3.05, 3.63) is 72.2 Å². The maximum atomic E-state index is 9.16. The van der Waals surface area contributed by atoms with Gasteiger partial charge in [-0.1, -0.05) is 68.4 Å². The van der Waals surface area contributed by atoms with E-state index < -0.39 is 10.1 Å². The second-order valence-electron chi connectivity index (χ2n) is 8.03. The van der Waals surface area contributed by atoms with E-state index >= 15 is 0 Å². The first-order valence-electron chi connectivity index (χ1n) is 9.79. The summed E-state index contributed by atoms with van der Waals surface area (Å²) in [6, 6.07) is 18.7. The molecule has 1 saturated heterocycles. The highest BCUT2D eigenvalue weighted by molar-refractivity contribution is 7.84. The van der Waals surface area contributed by atoms with Crippen molar-refractivity contribution in [2.45, 2.75) is 25.3 Å². The molecule has 1 aliphatic heterocycles. The zero-order chi connectivity index (χ0) is 22.1. The van der Waals surface area contributed by atoms with E-state index in [-0.39, 0.29) is 11.5 Å². The fourth-order valence-electron chi connectivity index (χ4n) is 4.63. The number of likely N-dealkylation sites (N-methyl/N-ethyl adjacent to an activating group) is 1. The Labute approximate surface area is 177 Å². The lowest BCUT2D eigenvalue weighted by atomic mass is 9.74. The molecule has 0 saturated carbocycles.